The molecule has 0 aromatic rings. The van der Waals surface area contributed by atoms with Gasteiger partial charge in [0.25, 0.3) is 0 Å². The maximum atomic E-state index is 13.4. The molecule has 0 aromatic carbocycles. The number of ether oxygens (including phenoxy) is 4. The summed E-state index contributed by atoms with van der Waals surface area (Å²) < 4.78 is 23.0. The predicted molar refractivity (Wildman–Crippen MR) is 429 cm³/mol. The highest BCUT2D eigenvalue weighted by Crippen LogP contribution is 2.31. The SMILES string of the molecule is CCCCCCCCCCCCCCCCCCCCCCCCCCCCCCCCCCCCCCCC(=O)NC(COC1OC(CO)C(OC2OC(CO)C(O)C(O)C2O)C(O)C1O)C(O)CCCCCCCCCCCCCCCCCCCCCCCCCCCCCCCCCC. The van der Waals surface area contributed by atoms with Gasteiger partial charge in [0.15, 0.2) is 12.6 Å². The Bertz CT molecular complexity index is 1730. The van der Waals surface area contributed by atoms with Gasteiger partial charge in [-0.25, -0.2) is 0 Å². The molecule has 103 heavy (non-hydrogen) atoms. The van der Waals surface area contributed by atoms with E-state index in [2.05, 4.69) is 19.2 Å². The molecule has 2 rings (SSSR count). The topological polar surface area (TPSA) is 228 Å². The van der Waals surface area contributed by atoms with Crippen LogP contribution < -0.4 is 5.32 Å². The lowest BCUT2D eigenvalue weighted by atomic mass is 9.97. The Labute approximate surface area is 635 Å². The van der Waals surface area contributed by atoms with Crippen LogP contribution in [0.2, 0.25) is 0 Å². The summed E-state index contributed by atoms with van der Waals surface area (Å²) in [6.45, 7) is 2.96. The number of aliphatic hydroxyl groups is 8. The minimum atomic E-state index is -1.78. The summed E-state index contributed by atoms with van der Waals surface area (Å²) >= 11 is 0. The molecule has 614 valence electrons. The van der Waals surface area contributed by atoms with Gasteiger partial charge in [-0.2, -0.15) is 0 Å². The molecular weight excluding hydrogens is 1290 g/mol. The Morgan fingerprint density at radius 1 is 0.311 bits per heavy atom. The van der Waals surface area contributed by atoms with Crippen molar-refractivity contribution in [1.82, 2.24) is 5.32 Å². The van der Waals surface area contributed by atoms with Crippen molar-refractivity contribution >= 4 is 5.91 Å². The molecular formula is C89H175NO13. The summed E-state index contributed by atoms with van der Waals surface area (Å²) in [5, 5.41) is 88.1. The Kier molecular flexibility index (Phi) is 70.2. The van der Waals surface area contributed by atoms with E-state index in [4.69, 9.17) is 18.9 Å². The molecule has 2 aliphatic rings. The van der Waals surface area contributed by atoms with Crippen LogP contribution in [0.4, 0.5) is 0 Å². The molecule has 2 saturated heterocycles. The summed E-state index contributed by atoms with van der Waals surface area (Å²) in [5.74, 6) is -0.193. The molecule has 12 atom stereocenters. The summed E-state index contributed by atoms with van der Waals surface area (Å²) in [5.41, 5.74) is 0. The van der Waals surface area contributed by atoms with E-state index in [-0.39, 0.29) is 12.5 Å². The number of amides is 1. The summed E-state index contributed by atoms with van der Waals surface area (Å²) in [4.78, 5) is 13.4. The zero-order chi connectivity index (χ0) is 74.4. The van der Waals surface area contributed by atoms with Crippen LogP contribution in [0, 0.1) is 0 Å². The number of rotatable bonds is 80. The minimum Gasteiger partial charge on any atom is -0.394 e. The lowest BCUT2D eigenvalue weighted by molar-refractivity contribution is -0.359. The van der Waals surface area contributed by atoms with Crippen molar-refractivity contribution in [1.29, 1.82) is 0 Å². The van der Waals surface area contributed by atoms with Crippen LogP contribution in [0.3, 0.4) is 0 Å². The number of aliphatic hydroxyl groups excluding tert-OH is 8. The molecule has 2 aliphatic heterocycles. The van der Waals surface area contributed by atoms with Gasteiger partial charge in [0.05, 0.1) is 32.0 Å². The molecule has 2 fully saturated rings. The van der Waals surface area contributed by atoms with Gasteiger partial charge in [0, 0.05) is 6.42 Å². The predicted octanol–water partition coefficient (Wildman–Crippen LogP) is 22.2. The van der Waals surface area contributed by atoms with Gasteiger partial charge < -0.3 is 65.1 Å². The van der Waals surface area contributed by atoms with E-state index in [1.54, 1.807) is 0 Å². The van der Waals surface area contributed by atoms with Crippen molar-refractivity contribution in [3.8, 4) is 0 Å². The average molecular weight is 1470 g/mol. The van der Waals surface area contributed by atoms with Gasteiger partial charge in [0.1, 0.15) is 48.8 Å². The van der Waals surface area contributed by atoms with E-state index in [1.165, 1.54) is 392 Å². The van der Waals surface area contributed by atoms with E-state index in [1.807, 2.05) is 0 Å². The third-order valence-electron chi connectivity index (χ3n) is 23.1. The molecule has 0 bridgehead atoms. The molecule has 0 aliphatic carbocycles. The summed E-state index contributed by atoms with van der Waals surface area (Å²) in [7, 11) is 0. The number of carbonyl (C=O) groups is 1. The molecule has 12 unspecified atom stereocenters. The Balaban J connectivity index is 1.54. The Morgan fingerprint density at radius 3 is 0.825 bits per heavy atom. The minimum absolute atomic E-state index is 0.193. The van der Waals surface area contributed by atoms with E-state index < -0.39 is 86.8 Å². The van der Waals surface area contributed by atoms with Gasteiger partial charge in [-0.15, -0.1) is 0 Å². The van der Waals surface area contributed by atoms with Crippen molar-refractivity contribution in [2.45, 2.75) is 543 Å². The second-order valence-corrected chi connectivity index (χ2v) is 32.8. The van der Waals surface area contributed by atoms with Crippen molar-refractivity contribution in [2.24, 2.45) is 0 Å². The number of hydrogen-bond acceptors (Lipinski definition) is 13. The fraction of sp³-hybridized carbons (Fsp3) is 0.989. The van der Waals surface area contributed by atoms with Crippen LogP contribution in [0.15, 0.2) is 0 Å². The number of hydrogen-bond donors (Lipinski definition) is 9. The molecule has 2 heterocycles. The van der Waals surface area contributed by atoms with Gasteiger partial charge in [-0.3, -0.25) is 4.79 Å². The summed E-state index contributed by atoms with van der Waals surface area (Å²) in [6, 6.07) is -0.827. The van der Waals surface area contributed by atoms with Gasteiger partial charge in [-0.05, 0) is 12.8 Å². The van der Waals surface area contributed by atoms with Gasteiger partial charge >= 0.3 is 0 Å². The first kappa shape index (κ1) is 98.1. The van der Waals surface area contributed by atoms with Crippen molar-refractivity contribution in [2.75, 3.05) is 19.8 Å². The van der Waals surface area contributed by atoms with E-state index in [9.17, 15) is 45.6 Å². The first-order valence-corrected chi connectivity index (χ1v) is 45.8. The second-order valence-electron chi connectivity index (χ2n) is 32.8. The van der Waals surface area contributed by atoms with E-state index in [0.717, 1.165) is 51.4 Å². The quantitative estimate of drug-likeness (QED) is 0.0259. The lowest BCUT2D eigenvalue weighted by Gasteiger charge is -2.46. The number of unbranched alkanes of at least 4 members (excludes halogenated alkanes) is 67. The molecule has 1 amide bonds. The Hall–Kier alpha value is -1.01. The molecule has 0 radical (unpaired) electrons. The van der Waals surface area contributed by atoms with E-state index >= 15 is 0 Å². The van der Waals surface area contributed by atoms with Crippen molar-refractivity contribution < 1.29 is 64.6 Å². The standard InChI is InChI=1S/C89H175NO13/c1-3-5-7-9-11-13-15-17-19-21-23-25-27-29-31-33-35-37-38-39-40-41-43-45-47-49-51-53-55-57-59-61-63-65-67-69-71-73-81(94)90-77(76-100-88-86(99)84(97)87(80(75-92)102-88)103-89-85(98)83(96)82(95)79(74-91)101-89)78(93)72-70-68-66-64-62-60-58-56-54-52-50-48-46-44-42-36-34-32-30-28-26-24-22-20-18-16-14-12-10-8-6-4-2/h77-80,82-89,91-93,95-99H,3-76H2,1-2H3,(H,90,94). The molecule has 0 saturated carbocycles. The molecule has 0 aromatic heterocycles. The monoisotopic (exact) mass is 1470 g/mol. The normalized spacial score (nSPS) is 21.4. The van der Waals surface area contributed by atoms with Crippen LogP contribution in [-0.2, 0) is 23.7 Å². The maximum absolute atomic E-state index is 13.4. The zero-order valence-electron chi connectivity index (χ0n) is 67.9. The van der Waals surface area contributed by atoms with Crippen molar-refractivity contribution in [3.63, 3.8) is 0 Å². The average Bonchev–Trinajstić information content (AvgIpc) is 0.791. The number of carbonyl (C=O) groups excluding carboxylic acids is 1. The lowest BCUT2D eigenvalue weighted by Crippen LogP contribution is -2.65. The van der Waals surface area contributed by atoms with Crippen LogP contribution in [-0.4, -0.2) is 140 Å². The van der Waals surface area contributed by atoms with Crippen LogP contribution in [0.1, 0.15) is 470 Å². The third-order valence-corrected chi connectivity index (χ3v) is 23.1. The zero-order valence-corrected chi connectivity index (χ0v) is 67.9. The molecule has 14 heteroatoms. The molecule has 14 nitrogen and oxygen atoms in total. The fourth-order valence-electron chi connectivity index (χ4n) is 15.9. The second kappa shape index (κ2) is 73.8. The van der Waals surface area contributed by atoms with E-state index in [0.29, 0.717) is 12.8 Å². The maximum Gasteiger partial charge on any atom is 0.220 e. The van der Waals surface area contributed by atoms with Gasteiger partial charge in [0.2, 0.25) is 5.91 Å². The third kappa shape index (κ3) is 56.0. The first-order chi connectivity index (χ1) is 50.6. The summed E-state index contributed by atoms with van der Waals surface area (Å²) in [6.07, 6.45) is 77.7. The fourth-order valence-corrected chi connectivity index (χ4v) is 15.9. The van der Waals surface area contributed by atoms with Crippen LogP contribution in [0.25, 0.3) is 0 Å². The molecule has 0 spiro atoms. The Morgan fingerprint density at radius 2 is 0.553 bits per heavy atom. The highest BCUT2D eigenvalue weighted by molar-refractivity contribution is 5.76. The molecule has 9 N–H and O–H groups in total. The van der Waals surface area contributed by atoms with Crippen LogP contribution in [0.5, 0.6) is 0 Å². The first-order valence-electron chi connectivity index (χ1n) is 45.8. The van der Waals surface area contributed by atoms with Gasteiger partial charge in [-0.1, -0.05) is 450 Å². The smallest absolute Gasteiger partial charge is 0.220 e. The highest BCUT2D eigenvalue weighted by Gasteiger charge is 2.51. The van der Waals surface area contributed by atoms with Crippen LogP contribution >= 0.6 is 0 Å². The largest absolute Gasteiger partial charge is 0.394 e. The highest BCUT2D eigenvalue weighted by atomic mass is 16.7. The number of nitrogens with one attached hydrogen (secondary N) is 1. The van der Waals surface area contributed by atoms with Crippen molar-refractivity contribution in [3.05, 3.63) is 0 Å².